The number of carbonyl (C=O) groups excluding carboxylic acids is 1. The maximum Gasteiger partial charge on any atom is 0.268 e. The molecule has 0 radical (unpaired) electrons. The van der Waals surface area contributed by atoms with Gasteiger partial charge < -0.3 is 10.2 Å². The second-order valence-electron chi connectivity index (χ2n) is 6.37. The molecule has 2 aliphatic rings. The van der Waals surface area contributed by atoms with Crippen LogP contribution in [0.2, 0.25) is 0 Å². The minimum absolute atomic E-state index is 0.0615. The van der Waals surface area contributed by atoms with Crippen LogP contribution in [-0.2, 0) is 11.3 Å². The Morgan fingerprint density at radius 2 is 2.23 bits per heavy atom. The van der Waals surface area contributed by atoms with Crippen LogP contribution in [0.25, 0.3) is 0 Å². The molecule has 22 heavy (non-hydrogen) atoms. The SMILES string of the molecule is CCn1ncc(N2CCCC(CC(=O)NC3CC3)C2)cc1=O. The first kappa shape index (κ1) is 15.1. The van der Waals surface area contributed by atoms with Crippen LogP contribution in [0.15, 0.2) is 17.1 Å². The molecular formula is C16H24N4O2. The fourth-order valence-electron chi connectivity index (χ4n) is 3.08. The van der Waals surface area contributed by atoms with Gasteiger partial charge in [0.05, 0.1) is 11.9 Å². The number of nitrogens with zero attached hydrogens (tertiary/aromatic N) is 3. The predicted octanol–water partition coefficient (Wildman–Crippen LogP) is 1.15. The summed E-state index contributed by atoms with van der Waals surface area (Å²) in [4.78, 5) is 26.0. The Morgan fingerprint density at radius 3 is 2.91 bits per heavy atom. The van der Waals surface area contributed by atoms with Crippen molar-refractivity contribution in [3.8, 4) is 0 Å². The standard InChI is InChI=1S/C16H24N4O2/c1-2-20-16(22)9-14(10-17-20)19-7-3-4-12(11-19)8-15(21)18-13-5-6-13/h9-10,12-13H,2-8,11H2,1H3,(H,18,21). The Labute approximate surface area is 130 Å². The zero-order valence-electron chi connectivity index (χ0n) is 13.1. The molecule has 1 amide bonds. The smallest absolute Gasteiger partial charge is 0.268 e. The molecule has 120 valence electrons. The van der Waals surface area contributed by atoms with Crippen LogP contribution >= 0.6 is 0 Å². The van der Waals surface area contributed by atoms with Crippen molar-refractivity contribution >= 4 is 11.6 Å². The van der Waals surface area contributed by atoms with Crippen LogP contribution in [0.3, 0.4) is 0 Å². The Hall–Kier alpha value is -1.85. The molecule has 1 unspecified atom stereocenters. The van der Waals surface area contributed by atoms with Crippen molar-refractivity contribution in [1.29, 1.82) is 0 Å². The summed E-state index contributed by atoms with van der Waals surface area (Å²) >= 11 is 0. The molecule has 1 saturated heterocycles. The van der Waals surface area contributed by atoms with E-state index in [0.29, 0.717) is 24.9 Å². The number of anilines is 1. The van der Waals surface area contributed by atoms with Crippen molar-refractivity contribution in [2.24, 2.45) is 5.92 Å². The van der Waals surface area contributed by atoms with Gasteiger partial charge in [0.25, 0.3) is 5.56 Å². The second-order valence-corrected chi connectivity index (χ2v) is 6.37. The number of aryl methyl sites for hydroxylation is 1. The molecule has 3 rings (SSSR count). The number of aromatic nitrogens is 2. The minimum atomic E-state index is -0.0615. The second kappa shape index (κ2) is 6.50. The third-order valence-corrected chi connectivity index (χ3v) is 4.46. The molecule has 1 aromatic heterocycles. The third-order valence-electron chi connectivity index (χ3n) is 4.46. The van der Waals surface area contributed by atoms with Gasteiger partial charge >= 0.3 is 0 Å². The molecule has 1 atom stereocenters. The van der Waals surface area contributed by atoms with Gasteiger partial charge in [0.15, 0.2) is 0 Å². The Balaban J connectivity index is 1.60. The van der Waals surface area contributed by atoms with Crippen molar-refractivity contribution in [3.05, 3.63) is 22.6 Å². The van der Waals surface area contributed by atoms with Crippen molar-refractivity contribution in [3.63, 3.8) is 0 Å². The van der Waals surface area contributed by atoms with E-state index in [1.165, 1.54) is 4.68 Å². The minimum Gasteiger partial charge on any atom is -0.370 e. The summed E-state index contributed by atoms with van der Waals surface area (Å²) < 4.78 is 1.45. The number of hydrogen-bond acceptors (Lipinski definition) is 4. The molecule has 0 spiro atoms. The Kier molecular flexibility index (Phi) is 4.45. The van der Waals surface area contributed by atoms with Gasteiger partial charge in [-0.15, -0.1) is 0 Å². The summed E-state index contributed by atoms with van der Waals surface area (Å²) in [7, 11) is 0. The molecule has 0 aromatic carbocycles. The highest BCUT2D eigenvalue weighted by molar-refractivity contribution is 5.77. The van der Waals surface area contributed by atoms with Crippen molar-refractivity contribution in [2.45, 2.75) is 51.6 Å². The van der Waals surface area contributed by atoms with Gasteiger partial charge in [-0.05, 0) is 38.5 Å². The van der Waals surface area contributed by atoms with E-state index in [1.807, 2.05) is 6.92 Å². The highest BCUT2D eigenvalue weighted by Crippen LogP contribution is 2.25. The van der Waals surface area contributed by atoms with Gasteiger partial charge in [-0.1, -0.05) is 0 Å². The summed E-state index contributed by atoms with van der Waals surface area (Å²) in [6.45, 7) is 4.25. The molecule has 1 aliphatic carbocycles. The molecule has 6 heteroatoms. The Bertz CT molecular complexity index is 594. The average Bonchev–Trinajstić information content (AvgIpc) is 3.31. The summed E-state index contributed by atoms with van der Waals surface area (Å²) in [5.74, 6) is 0.537. The zero-order valence-corrected chi connectivity index (χ0v) is 13.1. The van der Waals surface area contributed by atoms with E-state index in [-0.39, 0.29) is 11.5 Å². The van der Waals surface area contributed by atoms with Gasteiger partial charge in [0, 0.05) is 38.2 Å². The fraction of sp³-hybridized carbons (Fsp3) is 0.688. The topological polar surface area (TPSA) is 67.2 Å². The lowest BCUT2D eigenvalue weighted by molar-refractivity contribution is -0.122. The number of carbonyl (C=O) groups is 1. The van der Waals surface area contributed by atoms with E-state index in [1.54, 1.807) is 12.3 Å². The maximum atomic E-state index is 11.9. The first-order valence-electron chi connectivity index (χ1n) is 8.27. The molecule has 1 aromatic rings. The molecule has 0 bridgehead atoms. The van der Waals surface area contributed by atoms with Crippen LogP contribution in [0.4, 0.5) is 5.69 Å². The van der Waals surface area contributed by atoms with E-state index in [9.17, 15) is 9.59 Å². The molecule has 2 fully saturated rings. The van der Waals surface area contributed by atoms with Gasteiger partial charge in [0.2, 0.25) is 5.91 Å². The number of rotatable bonds is 5. The molecule has 6 nitrogen and oxygen atoms in total. The summed E-state index contributed by atoms with van der Waals surface area (Å²) in [6, 6.07) is 2.08. The number of amides is 1. The summed E-state index contributed by atoms with van der Waals surface area (Å²) in [5, 5.41) is 7.25. The lowest BCUT2D eigenvalue weighted by Gasteiger charge is -2.34. The maximum absolute atomic E-state index is 11.9. The first-order valence-corrected chi connectivity index (χ1v) is 8.27. The number of hydrogen-bond donors (Lipinski definition) is 1. The van der Waals surface area contributed by atoms with Crippen molar-refractivity contribution in [1.82, 2.24) is 15.1 Å². The van der Waals surface area contributed by atoms with Crippen LogP contribution in [0.5, 0.6) is 0 Å². The van der Waals surface area contributed by atoms with Crippen molar-refractivity contribution < 1.29 is 4.79 Å². The Morgan fingerprint density at radius 1 is 1.41 bits per heavy atom. The van der Waals surface area contributed by atoms with E-state index < -0.39 is 0 Å². The fourth-order valence-corrected chi connectivity index (χ4v) is 3.08. The van der Waals surface area contributed by atoms with E-state index in [0.717, 1.165) is 44.5 Å². The quantitative estimate of drug-likeness (QED) is 0.886. The van der Waals surface area contributed by atoms with Gasteiger partial charge in [-0.3, -0.25) is 9.59 Å². The molecular weight excluding hydrogens is 280 g/mol. The van der Waals surface area contributed by atoms with E-state index in [2.05, 4.69) is 15.3 Å². The van der Waals surface area contributed by atoms with Crippen LogP contribution in [-0.4, -0.2) is 34.8 Å². The zero-order chi connectivity index (χ0) is 15.5. The van der Waals surface area contributed by atoms with Crippen LogP contribution < -0.4 is 15.8 Å². The van der Waals surface area contributed by atoms with E-state index >= 15 is 0 Å². The molecule has 1 aliphatic heterocycles. The van der Waals surface area contributed by atoms with Gasteiger partial charge in [-0.2, -0.15) is 5.10 Å². The molecule has 1 N–H and O–H groups in total. The summed E-state index contributed by atoms with van der Waals surface area (Å²) in [5.41, 5.74) is 0.815. The third kappa shape index (κ3) is 3.67. The first-order chi connectivity index (χ1) is 10.7. The predicted molar refractivity (Wildman–Crippen MR) is 84.9 cm³/mol. The number of nitrogens with one attached hydrogen (secondary N) is 1. The normalized spacial score (nSPS) is 21.7. The van der Waals surface area contributed by atoms with Gasteiger partial charge in [-0.25, -0.2) is 4.68 Å². The average molecular weight is 304 g/mol. The largest absolute Gasteiger partial charge is 0.370 e. The summed E-state index contributed by atoms with van der Waals surface area (Å²) in [6.07, 6.45) is 6.74. The molecule has 1 saturated carbocycles. The lowest BCUT2D eigenvalue weighted by atomic mass is 9.94. The molecule has 2 heterocycles. The van der Waals surface area contributed by atoms with Crippen LogP contribution in [0, 0.1) is 5.92 Å². The highest BCUT2D eigenvalue weighted by Gasteiger charge is 2.27. The monoisotopic (exact) mass is 304 g/mol. The number of piperidine rings is 1. The van der Waals surface area contributed by atoms with E-state index in [4.69, 9.17) is 0 Å². The lowest BCUT2D eigenvalue weighted by Crippen LogP contribution is -2.39. The van der Waals surface area contributed by atoms with Crippen molar-refractivity contribution in [2.75, 3.05) is 18.0 Å². The van der Waals surface area contributed by atoms with Crippen LogP contribution in [0.1, 0.15) is 39.0 Å². The highest BCUT2D eigenvalue weighted by atomic mass is 16.1. The van der Waals surface area contributed by atoms with Gasteiger partial charge in [0.1, 0.15) is 0 Å².